The van der Waals surface area contributed by atoms with Gasteiger partial charge in [0.1, 0.15) is 0 Å². The second-order valence-electron chi connectivity index (χ2n) is 4.78. The van der Waals surface area contributed by atoms with Crippen molar-refractivity contribution in [1.29, 1.82) is 0 Å². The molecule has 0 saturated heterocycles. The van der Waals surface area contributed by atoms with Gasteiger partial charge in [-0.15, -0.1) is 0 Å². The van der Waals surface area contributed by atoms with Gasteiger partial charge in [0.05, 0.1) is 6.10 Å². The van der Waals surface area contributed by atoms with E-state index in [2.05, 4.69) is 45.0 Å². The maximum Gasteiger partial charge on any atom is 0.0791 e. The molecular weight excluding hydrogens is 188 g/mol. The molecule has 0 heterocycles. The molecule has 0 radical (unpaired) electrons. The van der Waals surface area contributed by atoms with Gasteiger partial charge in [0.2, 0.25) is 0 Å². The Balaban J connectivity index is 3.70. The molecule has 15 heavy (non-hydrogen) atoms. The molecule has 0 bridgehead atoms. The zero-order valence-corrected chi connectivity index (χ0v) is 11.0. The third-order valence-electron chi connectivity index (χ3n) is 2.97. The smallest absolute Gasteiger partial charge is 0.0791 e. The molecule has 0 aliphatic rings. The van der Waals surface area contributed by atoms with Crippen LogP contribution in [-0.2, 0) is 0 Å². The Kier molecular flexibility index (Phi) is 8.02. The highest BCUT2D eigenvalue weighted by Crippen LogP contribution is 2.07. The van der Waals surface area contributed by atoms with E-state index in [1.807, 2.05) is 0 Å². The van der Waals surface area contributed by atoms with Crippen molar-refractivity contribution < 1.29 is 5.11 Å². The third kappa shape index (κ3) is 6.88. The standard InChI is InChI=1S/C12H28N2O/c1-6-7-13-8-12(15)9-14(5)11(4)10(2)3/h10-13,15H,6-9H2,1-5H3. The molecule has 2 atom stereocenters. The Morgan fingerprint density at radius 3 is 2.33 bits per heavy atom. The number of nitrogens with one attached hydrogen (secondary N) is 1. The maximum atomic E-state index is 9.77. The number of nitrogens with zero attached hydrogens (tertiary/aromatic N) is 1. The average molecular weight is 216 g/mol. The minimum Gasteiger partial charge on any atom is -0.390 e. The maximum absolute atomic E-state index is 9.77. The summed E-state index contributed by atoms with van der Waals surface area (Å²) >= 11 is 0. The second-order valence-corrected chi connectivity index (χ2v) is 4.78. The van der Waals surface area contributed by atoms with Gasteiger partial charge in [-0.3, -0.25) is 0 Å². The number of aliphatic hydroxyl groups excluding tert-OH is 1. The van der Waals surface area contributed by atoms with Crippen LogP contribution in [0.25, 0.3) is 0 Å². The van der Waals surface area contributed by atoms with Crippen LogP contribution in [0.3, 0.4) is 0 Å². The first-order valence-corrected chi connectivity index (χ1v) is 6.08. The van der Waals surface area contributed by atoms with Crippen LogP contribution in [0.4, 0.5) is 0 Å². The van der Waals surface area contributed by atoms with Crippen molar-refractivity contribution in [1.82, 2.24) is 10.2 Å². The summed E-state index contributed by atoms with van der Waals surface area (Å²) in [6, 6.07) is 0.519. The second kappa shape index (κ2) is 8.08. The predicted octanol–water partition coefficient (Wildman–Crippen LogP) is 1.32. The Morgan fingerprint density at radius 2 is 1.87 bits per heavy atom. The summed E-state index contributed by atoms with van der Waals surface area (Å²) in [5.41, 5.74) is 0. The number of aliphatic hydroxyl groups is 1. The van der Waals surface area contributed by atoms with E-state index in [0.29, 0.717) is 18.5 Å². The van der Waals surface area contributed by atoms with Gasteiger partial charge in [-0.1, -0.05) is 20.8 Å². The molecule has 0 aromatic rings. The van der Waals surface area contributed by atoms with Crippen LogP contribution in [0, 0.1) is 5.92 Å². The van der Waals surface area contributed by atoms with E-state index >= 15 is 0 Å². The van der Waals surface area contributed by atoms with Gasteiger partial charge in [-0.05, 0) is 32.9 Å². The van der Waals surface area contributed by atoms with Gasteiger partial charge in [-0.25, -0.2) is 0 Å². The van der Waals surface area contributed by atoms with Crippen molar-refractivity contribution in [2.45, 2.75) is 46.3 Å². The van der Waals surface area contributed by atoms with E-state index in [0.717, 1.165) is 19.5 Å². The number of likely N-dealkylation sites (N-methyl/N-ethyl adjacent to an activating group) is 1. The Bertz CT molecular complexity index is 151. The van der Waals surface area contributed by atoms with Crippen LogP contribution in [0.5, 0.6) is 0 Å². The first-order chi connectivity index (χ1) is 6.99. The fourth-order valence-electron chi connectivity index (χ4n) is 1.52. The highest BCUT2D eigenvalue weighted by Gasteiger charge is 2.15. The lowest BCUT2D eigenvalue weighted by Gasteiger charge is -2.29. The molecule has 2 N–H and O–H groups in total. The number of rotatable bonds is 8. The Labute approximate surface area is 94.9 Å². The summed E-state index contributed by atoms with van der Waals surface area (Å²) in [5, 5.41) is 13.0. The van der Waals surface area contributed by atoms with Crippen molar-refractivity contribution in [3.63, 3.8) is 0 Å². The fraction of sp³-hybridized carbons (Fsp3) is 1.00. The predicted molar refractivity (Wildman–Crippen MR) is 66.1 cm³/mol. The monoisotopic (exact) mass is 216 g/mol. The van der Waals surface area contributed by atoms with Crippen molar-refractivity contribution in [3.05, 3.63) is 0 Å². The summed E-state index contributed by atoms with van der Waals surface area (Å²) in [5.74, 6) is 0.630. The molecular formula is C12H28N2O. The zero-order valence-electron chi connectivity index (χ0n) is 11.0. The quantitative estimate of drug-likeness (QED) is 0.601. The third-order valence-corrected chi connectivity index (χ3v) is 2.97. The van der Waals surface area contributed by atoms with Crippen molar-refractivity contribution in [2.75, 3.05) is 26.7 Å². The molecule has 0 aromatic carbocycles. The first-order valence-electron chi connectivity index (χ1n) is 6.08. The van der Waals surface area contributed by atoms with Crippen LogP contribution in [0.1, 0.15) is 34.1 Å². The molecule has 0 rings (SSSR count). The number of hydrogen-bond donors (Lipinski definition) is 2. The van der Waals surface area contributed by atoms with Crippen LogP contribution < -0.4 is 5.32 Å². The van der Waals surface area contributed by atoms with Gasteiger partial charge >= 0.3 is 0 Å². The van der Waals surface area contributed by atoms with Crippen molar-refractivity contribution in [2.24, 2.45) is 5.92 Å². The topological polar surface area (TPSA) is 35.5 Å². The molecule has 3 nitrogen and oxygen atoms in total. The van der Waals surface area contributed by atoms with Gasteiger partial charge in [0.15, 0.2) is 0 Å². The number of hydrogen-bond acceptors (Lipinski definition) is 3. The van der Waals surface area contributed by atoms with E-state index in [1.54, 1.807) is 0 Å². The van der Waals surface area contributed by atoms with Crippen LogP contribution in [0.15, 0.2) is 0 Å². The Morgan fingerprint density at radius 1 is 1.27 bits per heavy atom. The molecule has 0 aliphatic heterocycles. The molecule has 0 aromatic heterocycles. The van der Waals surface area contributed by atoms with E-state index in [9.17, 15) is 5.11 Å². The molecule has 2 unspecified atom stereocenters. The fourth-order valence-corrected chi connectivity index (χ4v) is 1.52. The molecule has 0 aliphatic carbocycles. The van der Waals surface area contributed by atoms with Gasteiger partial charge < -0.3 is 15.3 Å². The van der Waals surface area contributed by atoms with Crippen molar-refractivity contribution in [3.8, 4) is 0 Å². The largest absolute Gasteiger partial charge is 0.390 e. The molecule has 0 saturated carbocycles. The minimum absolute atomic E-state index is 0.261. The lowest BCUT2D eigenvalue weighted by molar-refractivity contribution is 0.0947. The minimum atomic E-state index is -0.261. The highest BCUT2D eigenvalue weighted by atomic mass is 16.3. The molecule has 0 spiro atoms. The van der Waals surface area contributed by atoms with Gasteiger partial charge in [-0.2, -0.15) is 0 Å². The van der Waals surface area contributed by atoms with Crippen molar-refractivity contribution >= 4 is 0 Å². The van der Waals surface area contributed by atoms with E-state index in [4.69, 9.17) is 0 Å². The lowest BCUT2D eigenvalue weighted by Crippen LogP contribution is -2.42. The van der Waals surface area contributed by atoms with E-state index < -0.39 is 0 Å². The van der Waals surface area contributed by atoms with Crippen LogP contribution in [-0.4, -0.2) is 48.8 Å². The first kappa shape index (κ1) is 14.9. The summed E-state index contributed by atoms with van der Waals surface area (Å²) < 4.78 is 0. The van der Waals surface area contributed by atoms with E-state index in [1.165, 1.54) is 0 Å². The normalized spacial score (nSPS) is 16.0. The molecule has 92 valence electrons. The van der Waals surface area contributed by atoms with Crippen LogP contribution >= 0.6 is 0 Å². The zero-order chi connectivity index (χ0) is 11.8. The lowest BCUT2D eigenvalue weighted by atomic mass is 10.1. The SMILES string of the molecule is CCCNCC(O)CN(C)C(C)C(C)C. The Hall–Kier alpha value is -0.120. The summed E-state index contributed by atoms with van der Waals surface area (Å²) in [7, 11) is 2.08. The summed E-state index contributed by atoms with van der Waals surface area (Å²) in [4.78, 5) is 2.23. The van der Waals surface area contributed by atoms with E-state index in [-0.39, 0.29) is 6.10 Å². The molecule has 0 amide bonds. The van der Waals surface area contributed by atoms with Gasteiger partial charge in [0, 0.05) is 19.1 Å². The highest BCUT2D eigenvalue weighted by molar-refractivity contribution is 4.71. The summed E-state index contributed by atoms with van der Waals surface area (Å²) in [6.07, 6.45) is 0.855. The summed E-state index contributed by atoms with van der Waals surface area (Å²) in [6.45, 7) is 11.2. The van der Waals surface area contributed by atoms with Gasteiger partial charge in [0.25, 0.3) is 0 Å². The van der Waals surface area contributed by atoms with Crippen LogP contribution in [0.2, 0.25) is 0 Å². The molecule has 3 heteroatoms. The molecule has 0 fully saturated rings. The average Bonchev–Trinajstić information content (AvgIpc) is 2.16.